The van der Waals surface area contributed by atoms with Crippen molar-refractivity contribution in [2.75, 3.05) is 11.6 Å². The molecule has 5 N–H and O–H groups in total. The molecule has 1 rings (SSSR count). The molecule has 7 nitrogen and oxygen atoms in total. The molecule has 1 aromatic rings. The third-order valence-electron chi connectivity index (χ3n) is 2.63. The van der Waals surface area contributed by atoms with Crippen molar-refractivity contribution in [1.29, 1.82) is 0 Å². The zero-order chi connectivity index (χ0) is 15.8. The van der Waals surface area contributed by atoms with Gasteiger partial charge >= 0.3 is 12.0 Å². The highest BCUT2D eigenvalue weighted by atomic mass is 32.2. The quantitative estimate of drug-likeness (QED) is 0.565. The Morgan fingerprint density at radius 1 is 1.29 bits per heavy atom. The summed E-state index contributed by atoms with van der Waals surface area (Å²) in [5, 5.41) is 13.8. The van der Waals surface area contributed by atoms with E-state index in [1.807, 2.05) is 18.4 Å². The Bertz CT molecular complexity index is 519. The third kappa shape index (κ3) is 6.17. The summed E-state index contributed by atoms with van der Waals surface area (Å²) in [6.45, 7) is 0. The largest absolute Gasteiger partial charge is 0.480 e. The Kier molecular flexibility index (Phi) is 6.54. The summed E-state index contributed by atoms with van der Waals surface area (Å²) >= 11 is 1.57. The van der Waals surface area contributed by atoms with Crippen molar-refractivity contribution in [1.82, 2.24) is 5.32 Å². The second kappa shape index (κ2) is 8.15. The van der Waals surface area contributed by atoms with Crippen molar-refractivity contribution in [3.63, 3.8) is 0 Å². The van der Waals surface area contributed by atoms with Crippen LogP contribution in [0.15, 0.2) is 29.2 Å². The lowest BCUT2D eigenvalue weighted by Gasteiger charge is -2.14. The molecular formula is C13H17N3O4S. The Hall–Kier alpha value is -2.22. The van der Waals surface area contributed by atoms with E-state index < -0.39 is 23.9 Å². The number of hydrogen-bond donors (Lipinski definition) is 4. The van der Waals surface area contributed by atoms with Crippen LogP contribution in [0.3, 0.4) is 0 Å². The number of thioether (sulfide) groups is 1. The van der Waals surface area contributed by atoms with Crippen LogP contribution in [0.4, 0.5) is 10.5 Å². The Labute approximate surface area is 126 Å². The first-order chi connectivity index (χ1) is 9.92. The number of primary amides is 1. The summed E-state index contributed by atoms with van der Waals surface area (Å²) in [6, 6.07) is 5.28. The number of nitrogens with one attached hydrogen (secondary N) is 2. The lowest BCUT2D eigenvalue weighted by molar-refractivity contribution is -0.139. The van der Waals surface area contributed by atoms with Crippen molar-refractivity contribution >= 4 is 35.4 Å². The minimum Gasteiger partial charge on any atom is -0.480 e. The fourth-order valence-corrected chi connectivity index (χ4v) is 1.95. The fraction of sp³-hybridized carbons (Fsp3) is 0.308. The zero-order valence-corrected chi connectivity index (χ0v) is 12.3. The lowest BCUT2D eigenvalue weighted by Crippen LogP contribution is -2.43. The van der Waals surface area contributed by atoms with Gasteiger partial charge in [-0.15, -0.1) is 11.8 Å². The van der Waals surface area contributed by atoms with Gasteiger partial charge in [-0.05, 0) is 36.9 Å². The van der Waals surface area contributed by atoms with Gasteiger partial charge in [-0.1, -0.05) is 0 Å². The van der Waals surface area contributed by atoms with Crippen molar-refractivity contribution in [3.8, 4) is 0 Å². The highest BCUT2D eigenvalue weighted by Gasteiger charge is 2.20. The van der Waals surface area contributed by atoms with Crippen LogP contribution in [0.2, 0.25) is 0 Å². The Balaban J connectivity index is 2.56. The number of carbonyl (C=O) groups is 3. The molecule has 0 saturated heterocycles. The smallest absolute Gasteiger partial charge is 0.326 e. The molecule has 21 heavy (non-hydrogen) atoms. The van der Waals surface area contributed by atoms with E-state index in [0.717, 1.165) is 4.90 Å². The van der Waals surface area contributed by atoms with Crippen LogP contribution in [-0.2, 0) is 9.59 Å². The highest BCUT2D eigenvalue weighted by Crippen LogP contribution is 2.17. The van der Waals surface area contributed by atoms with Crippen molar-refractivity contribution in [3.05, 3.63) is 24.3 Å². The average Bonchev–Trinajstić information content (AvgIpc) is 2.43. The number of nitrogens with two attached hydrogens (primary N) is 1. The molecule has 0 aliphatic heterocycles. The Morgan fingerprint density at radius 2 is 1.90 bits per heavy atom. The highest BCUT2D eigenvalue weighted by molar-refractivity contribution is 7.98. The van der Waals surface area contributed by atoms with E-state index in [0.29, 0.717) is 5.69 Å². The molecule has 0 aromatic heterocycles. The van der Waals surface area contributed by atoms with Crippen molar-refractivity contribution in [2.45, 2.75) is 23.8 Å². The van der Waals surface area contributed by atoms with Crippen LogP contribution in [-0.4, -0.2) is 35.3 Å². The van der Waals surface area contributed by atoms with Gasteiger partial charge in [0, 0.05) is 17.0 Å². The van der Waals surface area contributed by atoms with Gasteiger partial charge in [0.1, 0.15) is 6.04 Å². The first kappa shape index (κ1) is 16.8. The number of carboxylic acid groups (broad SMARTS) is 1. The predicted molar refractivity (Wildman–Crippen MR) is 80.2 cm³/mol. The van der Waals surface area contributed by atoms with Gasteiger partial charge < -0.3 is 21.5 Å². The second-order valence-corrected chi connectivity index (χ2v) is 5.10. The molecule has 0 fully saturated rings. The van der Waals surface area contributed by atoms with Crippen LogP contribution < -0.4 is 16.4 Å². The molecule has 0 aliphatic carbocycles. The van der Waals surface area contributed by atoms with Crippen LogP contribution in [0.5, 0.6) is 0 Å². The molecule has 0 bridgehead atoms. The molecule has 0 aliphatic rings. The molecule has 8 heteroatoms. The van der Waals surface area contributed by atoms with Gasteiger partial charge in [0.2, 0.25) is 5.91 Å². The van der Waals surface area contributed by atoms with E-state index in [1.165, 1.54) is 0 Å². The predicted octanol–water partition coefficient (Wildman–Crippen LogP) is 1.25. The molecule has 0 saturated carbocycles. The van der Waals surface area contributed by atoms with Gasteiger partial charge in [0.25, 0.3) is 0 Å². The maximum Gasteiger partial charge on any atom is 0.326 e. The number of rotatable bonds is 7. The summed E-state index contributed by atoms with van der Waals surface area (Å²) in [5.41, 5.74) is 5.51. The molecule has 0 spiro atoms. The molecular weight excluding hydrogens is 294 g/mol. The maximum atomic E-state index is 11.7. The number of benzene rings is 1. The third-order valence-corrected chi connectivity index (χ3v) is 3.37. The molecule has 1 atom stereocenters. The van der Waals surface area contributed by atoms with Gasteiger partial charge in [-0.25, -0.2) is 9.59 Å². The van der Waals surface area contributed by atoms with E-state index in [-0.39, 0.29) is 12.8 Å². The average molecular weight is 311 g/mol. The lowest BCUT2D eigenvalue weighted by atomic mass is 10.1. The number of amides is 3. The summed E-state index contributed by atoms with van der Waals surface area (Å²) in [5.74, 6) is -1.83. The number of carboxylic acids is 1. The number of anilines is 1. The molecule has 0 radical (unpaired) electrons. The number of urea groups is 1. The van der Waals surface area contributed by atoms with E-state index >= 15 is 0 Å². The normalized spacial score (nSPS) is 11.5. The first-order valence-corrected chi connectivity index (χ1v) is 7.37. The summed E-state index contributed by atoms with van der Waals surface area (Å²) in [4.78, 5) is 34.4. The van der Waals surface area contributed by atoms with Crippen LogP contribution in [0.25, 0.3) is 0 Å². The fourth-order valence-electron chi connectivity index (χ4n) is 1.54. The molecule has 114 valence electrons. The van der Waals surface area contributed by atoms with E-state index in [9.17, 15) is 14.4 Å². The van der Waals surface area contributed by atoms with E-state index in [2.05, 4.69) is 10.6 Å². The number of carbonyl (C=O) groups excluding carboxylic acids is 2. The Morgan fingerprint density at radius 3 is 2.38 bits per heavy atom. The number of hydrogen-bond acceptors (Lipinski definition) is 4. The van der Waals surface area contributed by atoms with E-state index in [4.69, 9.17) is 10.8 Å². The van der Waals surface area contributed by atoms with E-state index in [1.54, 1.807) is 23.9 Å². The van der Waals surface area contributed by atoms with Crippen molar-refractivity contribution < 1.29 is 19.5 Å². The van der Waals surface area contributed by atoms with Gasteiger partial charge in [-0.3, -0.25) is 4.79 Å². The molecule has 0 heterocycles. The van der Waals surface area contributed by atoms with Gasteiger partial charge in [-0.2, -0.15) is 0 Å². The molecule has 1 aromatic carbocycles. The maximum absolute atomic E-state index is 11.7. The summed E-state index contributed by atoms with van der Waals surface area (Å²) in [7, 11) is 0. The monoisotopic (exact) mass is 311 g/mol. The van der Waals surface area contributed by atoms with Gasteiger partial charge in [0.05, 0.1) is 0 Å². The topological polar surface area (TPSA) is 122 Å². The molecule has 3 amide bonds. The van der Waals surface area contributed by atoms with Crippen molar-refractivity contribution in [2.24, 2.45) is 5.73 Å². The minimum atomic E-state index is -1.22. The van der Waals surface area contributed by atoms with Crippen LogP contribution >= 0.6 is 11.8 Å². The second-order valence-electron chi connectivity index (χ2n) is 4.22. The number of aliphatic carboxylic acids is 1. The first-order valence-electron chi connectivity index (χ1n) is 6.15. The molecule has 0 unspecified atom stereocenters. The zero-order valence-electron chi connectivity index (χ0n) is 11.5. The summed E-state index contributed by atoms with van der Waals surface area (Å²) < 4.78 is 0. The standard InChI is InChI=1S/C13H17N3O4S/c1-21-9-4-2-8(3-5-9)15-13(20)16-10(12(18)19)6-7-11(14)17/h2-5,10H,6-7H2,1H3,(H2,14,17)(H,18,19)(H2,15,16,20)/t10-/m0/s1. The minimum absolute atomic E-state index is 0.0521. The van der Waals surface area contributed by atoms with Crippen LogP contribution in [0, 0.1) is 0 Å². The van der Waals surface area contributed by atoms with Crippen LogP contribution in [0.1, 0.15) is 12.8 Å². The summed E-state index contributed by atoms with van der Waals surface area (Å²) in [6.07, 6.45) is 1.77. The SMILES string of the molecule is CSc1ccc(NC(=O)N[C@@H](CCC(N)=O)C(=O)O)cc1. The van der Waals surface area contributed by atoms with Gasteiger partial charge in [0.15, 0.2) is 0 Å².